The van der Waals surface area contributed by atoms with Crippen LogP contribution in [-0.4, -0.2) is 0 Å². The number of halogens is 1. The Labute approximate surface area is 105 Å². The molecule has 0 aromatic heterocycles. The average Bonchev–Trinajstić information content (AvgIpc) is 2.27. The SMILES string of the molecule is Cc1ccc(Nc2ccc(N)cc2N)cc1Cl. The lowest BCUT2D eigenvalue weighted by Gasteiger charge is -2.10. The van der Waals surface area contributed by atoms with Crippen LogP contribution in [0.15, 0.2) is 36.4 Å². The molecule has 3 nitrogen and oxygen atoms in total. The molecule has 0 radical (unpaired) electrons. The van der Waals surface area contributed by atoms with Crippen molar-refractivity contribution in [1.29, 1.82) is 0 Å². The summed E-state index contributed by atoms with van der Waals surface area (Å²) in [5.74, 6) is 0. The van der Waals surface area contributed by atoms with Crippen LogP contribution < -0.4 is 16.8 Å². The summed E-state index contributed by atoms with van der Waals surface area (Å²) in [5.41, 5.74) is 15.5. The van der Waals surface area contributed by atoms with Gasteiger partial charge in [0.2, 0.25) is 0 Å². The number of nitrogen functional groups attached to an aromatic ring is 2. The second-order valence-corrected chi connectivity index (χ2v) is 4.34. The van der Waals surface area contributed by atoms with Crippen LogP contribution in [0.1, 0.15) is 5.56 Å². The third-order valence-electron chi connectivity index (χ3n) is 2.53. The third-order valence-corrected chi connectivity index (χ3v) is 2.93. The van der Waals surface area contributed by atoms with Crippen molar-refractivity contribution in [2.45, 2.75) is 6.92 Å². The molecule has 0 bridgehead atoms. The van der Waals surface area contributed by atoms with Gasteiger partial charge >= 0.3 is 0 Å². The molecule has 0 heterocycles. The molecule has 0 aliphatic heterocycles. The summed E-state index contributed by atoms with van der Waals surface area (Å²) in [6.45, 7) is 1.96. The van der Waals surface area contributed by atoms with E-state index in [1.807, 2.05) is 31.2 Å². The Bertz CT molecular complexity index is 552. The Balaban J connectivity index is 2.28. The van der Waals surface area contributed by atoms with Crippen molar-refractivity contribution in [1.82, 2.24) is 0 Å². The summed E-state index contributed by atoms with van der Waals surface area (Å²) in [6, 6.07) is 11.1. The Kier molecular flexibility index (Phi) is 3.11. The molecule has 0 aliphatic carbocycles. The number of nitrogens with two attached hydrogens (primary N) is 2. The summed E-state index contributed by atoms with van der Waals surface area (Å²) in [5, 5.41) is 3.93. The molecule has 0 aliphatic rings. The van der Waals surface area contributed by atoms with E-state index in [1.54, 1.807) is 12.1 Å². The van der Waals surface area contributed by atoms with Crippen molar-refractivity contribution < 1.29 is 0 Å². The topological polar surface area (TPSA) is 64.1 Å². The minimum absolute atomic E-state index is 0.613. The minimum Gasteiger partial charge on any atom is -0.399 e. The van der Waals surface area contributed by atoms with Crippen molar-refractivity contribution in [3.63, 3.8) is 0 Å². The van der Waals surface area contributed by atoms with E-state index in [9.17, 15) is 0 Å². The van der Waals surface area contributed by atoms with Crippen LogP contribution in [0.4, 0.5) is 22.7 Å². The zero-order chi connectivity index (χ0) is 12.4. The van der Waals surface area contributed by atoms with Gasteiger partial charge in [0.05, 0.1) is 11.4 Å². The van der Waals surface area contributed by atoms with Crippen molar-refractivity contribution in [3.8, 4) is 0 Å². The highest BCUT2D eigenvalue weighted by Gasteiger charge is 2.02. The van der Waals surface area contributed by atoms with Crippen molar-refractivity contribution in [2.24, 2.45) is 0 Å². The minimum atomic E-state index is 0.613. The van der Waals surface area contributed by atoms with Gasteiger partial charge < -0.3 is 16.8 Å². The molecule has 88 valence electrons. The molecule has 0 fully saturated rings. The van der Waals surface area contributed by atoms with Gasteiger partial charge in [0, 0.05) is 16.4 Å². The smallest absolute Gasteiger partial charge is 0.0619 e. The van der Waals surface area contributed by atoms with E-state index in [2.05, 4.69) is 5.32 Å². The Morgan fingerprint density at radius 2 is 1.82 bits per heavy atom. The fourth-order valence-electron chi connectivity index (χ4n) is 1.52. The lowest BCUT2D eigenvalue weighted by atomic mass is 10.2. The maximum Gasteiger partial charge on any atom is 0.0619 e. The van der Waals surface area contributed by atoms with Gasteiger partial charge in [0.15, 0.2) is 0 Å². The summed E-state index contributed by atoms with van der Waals surface area (Å²) < 4.78 is 0. The highest BCUT2D eigenvalue weighted by molar-refractivity contribution is 6.31. The average molecular weight is 248 g/mol. The normalized spacial score (nSPS) is 10.2. The third kappa shape index (κ3) is 2.63. The second kappa shape index (κ2) is 4.55. The Hall–Kier alpha value is -1.87. The second-order valence-electron chi connectivity index (χ2n) is 3.94. The fourth-order valence-corrected chi connectivity index (χ4v) is 1.70. The van der Waals surface area contributed by atoms with E-state index in [0.29, 0.717) is 11.4 Å². The molecular weight excluding hydrogens is 234 g/mol. The maximum absolute atomic E-state index is 6.05. The fraction of sp³-hybridized carbons (Fsp3) is 0.0769. The van der Waals surface area contributed by atoms with Gasteiger partial charge in [0.1, 0.15) is 0 Å². The van der Waals surface area contributed by atoms with Gasteiger partial charge in [0.25, 0.3) is 0 Å². The lowest BCUT2D eigenvalue weighted by Crippen LogP contribution is -1.97. The summed E-state index contributed by atoms with van der Waals surface area (Å²) in [6.07, 6.45) is 0. The van der Waals surface area contributed by atoms with Crippen molar-refractivity contribution >= 4 is 34.4 Å². The van der Waals surface area contributed by atoms with Gasteiger partial charge in [-0.05, 0) is 42.8 Å². The first-order valence-corrected chi connectivity index (χ1v) is 5.62. The van der Waals surface area contributed by atoms with E-state index in [4.69, 9.17) is 23.1 Å². The standard InChI is InChI=1S/C13H14ClN3/c1-8-2-4-10(7-11(8)14)17-13-5-3-9(15)6-12(13)16/h2-7,17H,15-16H2,1H3. The predicted molar refractivity (Wildman–Crippen MR) is 74.7 cm³/mol. The molecular formula is C13H14ClN3. The van der Waals surface area contributed by atoms with Crippen LogP contribution in [0.3, 0.4) is 0 Å². The highest BCUT2D eigenvalue weighted by atomic mass is 35.5. The number of anilines is 4. The molecule has 17 heavy (non-hydrogen) atoms. The van der Waals surface area contributed by atoms with Crippen molar-refractivity contribution in [2.75, 3.05) is 16.8 Å². The molecule has 5 N–H and O–H groups in total. The van der Waals surface area contributed by atoms with Gasteiger partial charge in [-0.15, -0.1) is 0 Å². The summed E-state index contributed by atoms with van der Waals surface area (Å²) in [4.78, 5) is 0. The first kappa shape index (κ1) is 11.6. The van der Waals surface area contributed by atoms with Gasteiger partial charge in [-0.2, -0.15) is 0 Å². The van der Waals surface area contributed by atoms with E-state index in [1.165, 1.54) is 0 Å². The van der Waals surface area contributed by atoms with Crippen LogP contribution in [0, 0.1) is 6.92 Å². The largest absolute Gasteiger partial charge is 0.399 e. The van der Waals surface area contributed by atoms with E-state index < -0.39 is 0 Å². The Morgan fingerprint density at radius 1 is 1.06 bits per heavy atom. The molecule has 0 saturated carbocycles. The van der Waals surface area contributed by atoms with Crippen LogP contribution in [0.25, 0.3) is 0 Å². The number of nitrogens with one attached hydrogen (secondary N) is 1. The van der Waals surface area contributed by atoms with Crippen LogP contribution >= 0.6 is 11.6 Å². The molecule has 2 rings (SSSR count). The Morgan fingerprint density at radius 3 is 2.47 bits per heavy atom. The van der Waals surface area contributed by atoms with E-state index in [0.717, 1.165) is 22.0 Å². The highest BCUT2D eigenvalue weighted by Crippen LogP contribution is 2.27. The van der Waals surface area contributed by atoms with Gasteiger partial charge in [-0.25, -0.2) is 0 Å². The number of aryl methyl sites for hydroxylation is 1. The first-order valence-electron chi connectivity index (χ1n) is 5.24. The lowest BCUT2D eigenvalue weighted by molar-refractivity contribution is 1.45. The predicted octanol–water partition coefficient (Wildman–Crippen LogP) is 3.56. The number of hydrogen-bond acceptors (Lipinski definition) is 3. The van der Waals surface area contributed by atoms with E-state index >= 15 is 0 Å². The first-order chi connectivity index (χ1) is 8.06. The van der Waals surface area contributed by atoms with Gasteiger partial charge in [-0.1, -0.05) is 17.7 Å². The zero-order valence-corrected chi connectivity index (χ0v) is 10.3. The number of benzene rings is 2. The molecule has 2 aromatic rings. The van der Waals surface area contributed by atoms with Gasteiger partial charge in [-0.3, -0.25) is 0 Å². The molecule has 2 aromatic carbocycles. The number of hydrogen-bond donors (Lipinski definition) is 3. The molecule has 0 saturated heterocycles. The summed E-state index contributed by atoms with van der Waals surface area (Å²) in [7, 11) is 0. The molecule has 4 heteroatoms. The molecule has 0 spiro atoms. The zero-order valence-electron chi connectivity index (χ0n) is 9.50. The van der Waals surface area contributed by atoms with Crippen LogP contribution in [0.5, 0.6) is 0 Å². The van der Waals surface area contributed by atoms with Crippen LogP contribution in [0.2, 0.25) is 5.02 Å². The maximum atomic E-state index is 6.05. The summed E-state index contributed by atoms with van der Waals surface area (Å²) >= 11 is 6.05. The van der Waals surface area contributed by atoms with Crippen molar-refractivity contribution in [3.05, 3.63) is 47.0 Å². The monoisotopic (exact) mass is 247 g/mol. The van der Waals surface area contributed by atoms with E-state index in [-0.39, 0.29) is 0 Å². The quantitative estimate of drug-likeness (QED) is 0.711. The number of rotatable bonds is 2. The molecule has 0 atom stereocenters. The van der Waals surface area contributed by atoms with Crippen LogP contribution in [-0.2, 0) is 0 Å². The molecule has 0 amide bonds. The molecule has 0 unspecified atom stereocenters.